The number of aryl methyl sites for hydroxylation is 1. The summed E-state index contributed by atoms with van der Waals surface area (Å²) >= 11 is 0. The van der Waals surface area contributed by atoms with Crippen molar-refractivity contribution in [2.24, 2.45) is 0 Å². The third-order valence-electron chi connectivity index (χ3n) is 3.10. The molecule has 0 unspecified atom stereocenters. The van der Waals surface area contributed by atoms with Crippen molar-refractivity contribution in [3.8, 4) is 11.3 Å². The van der Waals surface area contributed by atoms with Crippen LogP contribution >= 0.6 is 0 Å². The van der Waals surface area contributed by atoms with Crippen molar-refractivity contribution in [1.82, 2.24) is 20.0 Å². The Morgan fingerprint density at radius 1 is 1.17 bits per heavy atom. The van der Waals surface area contributed by atoms with Crippen LogP contribution in [0, 0.1) is 13.8 Å². The van der Waals surface area contributed by atoms with E-state index in [1.54, 1.807) is 0 Å². The molecular formula is C13H19N5. The smallest absolute Gasteiger partial charge is 0.151 e. The largest absolute Gasteiger partial charge is 0.369 e. The molecule has 0 atom stereocenters. The number of aromatic nitrogens is 4. The molecule has 0 aliphatic rings. The fourth-order valence-electron chi connectivity index (χ4n) is 1.87. The van der Waals surface area contributed by atoms with Crippen LogP contribution in [0.25, 0.3) is 11.3 Å². The molecule has 0 aromatic carbocycles. The zero-order valence-electron chi connectivity index (χ0n) is 11.4. The van der Waals surface area contributed by atoms with E-state index in [0.29, 0.717) is 0 Å². The van der Waals surface area contributed by atoms with Gasteiger partial charge in [-0.2, -0.15) is 5.10 Å². The van der Waals surface area contributed by atoms with Gasteiger partial charge in [-0.3, -0.25) is 4.68 Å². The maximum Gasteiger partial charge on any atom is 0.151 e. The molecule has 0 bridgehead atoms. The monoisotopic (exact) mass is 245 g/mol. The van der Waals surface area contributed by atoms with E-state index in [1.165, 1.54) is 0 Å². The molecule has 5 nitrogen and oxygen atoms in total. The van der Waals surface area contributed by atoms with Crippen LogP contribution in [0.3, 0.4) is 0 Å². The molecule has 0 fully saturated rings. The molecule has 0 amide bonds. The van der Waals surface area contributed by atoms with Crippen LogP contribution < -0.4 is 5.32 Å². The first-order chi connectivity index (χ1) is 8.67. The summed E-state index contributed by atoms with van der Waals surface area (Å²) in [7, 11) is 0. The second-order valence-electron chi connectivity index (χ2n) is 4.26. The highest BCUT2D eigenvalue weighted by molar-refractivity contribution is 5.65. The van der Waals surface area contributed by atoms with Crippen molar-refractivity contribution in [2.45, 2.75) is 34.2 Å². The summed E-state index contributed by atoms with van der Waals surface area (Å²) in [6.07, 6.45) is 3.84. The van der Waals surface area contributed by atoms with Gasteiger partial charge in [0.15, 0.2) is 5.82 Å². The minimum absolute atomic E-state index is 0.849. The molecule has 1 N–H and O–H groups in total. The van der Waals surface area contributed by atoms with E-state index in [2.05, 4.69) is 48.3 Å². The number of nitrogens with one attached hydrogen (secondary N) is 1. The van der Waals surface area contributed by atoms with E-state index in [9.17, 15) is 0 Å². The highest BCUT2D eigenvalue weighted by atomic mass is 15.3. The van der Waals surface area contributed by atoms with Gasteiger partial charge in [0.25, 0.3) is 0 Å². The van der Waals surface area contributed by atoms with Gasteiger partial charge < -0.3 is 5.32 Å². The standard InChI is InChI=1S/C13H19N5/c1-5-14-13-10(4)9(3)12(16-17-13)11-7-15-18(6-2)8-11/h7-8H,5-6H2,1-4H3,(H,14,17). The molecule has 0 saturated carbocycles. The molecule has 2 aromatic rings. The zero-order chi connectivity index (χ0) is 13.1. The van der Waals surface area contributed by atoms with E-state index < -0.39 is 0 Å². The molecule has 96 valence electrons. The van der Waals surface area contributed by atoms with E-state index >= 15 is 0 Å². The number of hydrogen-bond donors (Lipinski definition) is 1. The van der Waals surface area contributed by atoms with Crippen LogP contribution in [0.15, 0.2) is 12.4 Å². The number of hydrogen-bond acceptors (Lipinski definition) is 4. The van der Waals surface area contributed by atoms with E-state index in [4.69, 9.17) is 0 Å². The second-order valence-corrected chi connectivity index (χ2v) is 4.26. The summed E-state index contributed by atoms with van der Waals surface area (Å²) in [5, 5.41) is 16.0. The Morgan fingerprint density at radius 3 is 2.56 bits per heavy atom. The van der Waals surface area contributed by atoms with Crippen molar-refractivity contribution in [2.75, 3.05) is 11.9 Å². The molecule has 2 aromatic heterocycles. The van der Waals surface area contributed by atoms with Crippen LogP contribution in [-0.2, 0) is 6.54 Å². The third kappa shape index (κ3) is 2.20. The van der Waals surface area contributed by atoms with E-state index in [1.807, 2.05) is 17.1 Å². The van der Waals surface area contributed by atoms with Gasteiger partial charge in [-0.1, -0.05) is 0 Å². The van der Waals surface area contributed by atoms with Gasteiger partial charge >= 0.3 is 0 Å². The molecule has 0 aliphatic heterocycles. The molecule has 18 heavy (non-hydrogen) atoms. The molecule has 2 heterocycles. The Bertz CT molecular complexity index is 544. The summed E-state index contributed by atoms with van der Waals surface area (Å²) < 4.78 is 1.89. The van der Waals surface area contributed by atoms with Gasteiger partial charge in [0.2, 0.25) is 0 Å². The first kappa shape index (κ1) is 12.5. The zero-order valence-corrected chi connectivity index (χ0v) is 11.4. The predicted octanol–water partition coefficient (Wildman–Crippen LogP) is 2.41. The minimum atomic E-state index is 0.849. The van der Waals surface area contributed by atoms with Crippen LogP contribution in [-0.4, -0.2) is 26.5 Å². The summed E-state index contributed by atoms with van der Waals surface area (Å²) in [5.41, 5.74) is 4.23. The maximum absolute atomic E-state index is 4.31. The summed E-state index contributed by atoms with van der Waals surface area (Å²) in [4.78, 5) is 0. The molecular weight excluding hydrogens is 226 g/mol. The van der Waals surface area contributed by atoms with Crippen molar-refractivity contribution in [3.05, 3.63) is 23.5 Å². The number of nitrogens with zero attached hydrogens (tertiary/aromatic N) is 4. The van der Waals surface area contributed by atoms with E-state index in [-0.39, 0.29) is 0 Å². The average Bonchev–Trinajstić information content (AvgIpc) is 2.84. The third-order valence-corrected chi connectivity index (χ3v) is 3.10. The second kappa shape index (κ2) is 5.16. The maximum atomic E-state index is 4.31. The summed E-state index contributed by atoms with van der Waals surface area (Å²) in [6, 6.07) is 0. The van der Waals surface area contributed by atoms with Crippen LogP contribution in [0.4, 0.5) is 5.82 Å². The van der Waals surface area contributed by atoms with Crippen molar-refractivity contribution in [1.29, 1.82) is 0 Å². The topological polar surface area (TPSA) is 55.6 Å². The Balaban J connectivity index is 2.43. The fraction of sp³-hybridized carbons (Fsp3) is 0.462. The van der Waals surface area contributed by atoms with Gasteiger partial charge in [0.05, 0.1) is 11.9 Å². The molecule has 0 spiro atoms. The highest BCUT2D eigenvalue weighted by Crippen LogP contribution is 2.25. The van der Waals surface area contributed by atoms with Gasteiger partial charge in [-0.25, -0.2) is 0 Å². The average molecular weight is 245 g/mol. The normalized spacial score (nSPS) is 10.7. The van der Waals surface area contributed by atoms with Crippen LogP contribution in [0.2, 0.25) is 0 Å². The minimum Gasteiger partial charge on any atom is -0.369 e. The summed E-state index contributed by atoms with van der Waals surface area (Å²) in [5.74, 6) is 0.863. The quantitative estimate of drug-likeness (QED) is 0.898. The lowest BCUT2D eigenvalue weighted by atomic mass is 10.1. The van der Waals surface area contributed by atoms with Crippen LogP contribution in [0.1, 0.15) is 25.0 Å². The Labute approximate surface area is 107 Å². The predicted molar refractivity (Wildman–Crippen MR) is 72.6 cm³/mol. The highest BCUT2D eigenvalue weighted by Gasteiger charge is 2.12. The molecule has 5 heteroatoms. The van der Waals surface area contributed by atoms with Gasteiger partial charge in [0, 0.05) is 24.8 Å². The lowest BCUT2D eigenvalue weighted by Gasteiger charge is -2.10. The van der Waals surface area contributed by atoms with Crippen LogP contribution in [0.5, 0.6) is 0 Å². The Kier molecular flexibility index (Phi) is 3.60. The molecule has 0 radical (unpaired) electrons. The molecule has 2 rings (SSSR count). The number of anilines is 1. The van der Waals surface area contributed by atoms with E-state index in [0.717, 1.165) is 41.3 Å². The first-order valence-corrected chi connectivity index (χ1v) is 6.27. The molecule has 0 aliphatic carbocycles. The SMILES string of the molecule is CCNc1nnc(-c2cnn(CC)c2)c(C)c1C. The van der Waals surface area contributed by atoms with Crippen molar-refractivity contribution >= 4 is 5.82 Å². The van der Waals surface area contributed by atoms with Gasteiger partial charge in [-0.15, -0.1) is 10.2 Å². The van der Waals surface area contributed by atoms with Crippen molar-refractivity contribution in [3.63, 3.8) is 0 Å². The lowest BCUT2D eigenvalue weighted by molar-refractivity contribution is 0.660. The van der Waals surface area contributed by atoms with Gasteiger partial charge in [-0.05, 0) is 38.8 Å². The Hall–Kier alpha value is -1.91. The van der Waals surface area contributed by atoms with Gasteiger partial charge in [0.1, 0.15) is 0 Å². The Morgan fingerprint density at radius 2 is 1.94 bits per heavy atom. The van der Waals surface area contributed by atoms with Crippen molar-refractivity contribution < 1.29 is 0 Å². The first-order valence-electron chi connectivity index (χ1n) is 6.27. The molecule has 0 saturated heterocycles. The lowest BCUT2D eigenvalue weighted by Crippen LogP contribution is -2.05. The summed E-state index contributed by atoms with van der Waals surface area (Å²) in [6.45, 7) is 9.96. The fourth-order valence-corrected chi connectivity index (χ4v) is 1.87. The number of rotatable bonds is 4.